The van der Waals surface area contributed by atoms with Crippen molar-refractivity contribution in [1.29, 1.82) is 0 Å². The van der Waals surface area contributed by atoms with E-state index in [0.29, 0.717) is 0 Å². The van der Waals surface area contributed by atoms with Crippen LogP contribution in [0.5, 0.6) is 0 Å². The van der Waals surface area contributed by atoms with Gasteiger partial charge in [0.15, 0.2) is 0 Å². The average Bonchev–Trinajstić information content (AvgIpc) is 1.83. The molecule has 0 saturated carbocycles. The van der Waals surface area contributed by atoms with E-state index in [2.05, 4.69) is 4.84 Å². The predicted octanol–water partition coefficient (Wildman–Crippen LogP) is -0.986. The van der Waals surface area contributed by atoms with Gasteiger partial charge in [-0.2, -0.15) is 4.84 Å². The lowest BCUT2D eigenvalue weighted by Gasteiger charge is -1.99. The second-order valence-electron chi connectivity index (χ2n) is 1.77. The van der Waals surface area contributed by atoms with Crippen molar-refractivity contribution in [2.45, 2.75) is 12.5 Å². The molecule has 0 heterocycles. The fourth-order valence-electron chi connectivity index (χ4n) is 0.437. The number of hydrogen-bond acceptors (Lipinski definition) is 4. The van der Waals surface area contributed by atoms with Crippen molar-refractivity contribution >= 4 is 11.9 Å². The largest absolute Gasteiger partial charge is 0.481 e. The van der Waals surface area contributed by atoms with Gasteiger partial charge in [0.2, 0.25) is 0 Å². The summed E-state index contributed by atoms with van der Waals surface area (Å²) in [5.41, 5.74) is 0. The van der Waals surface area contributed by atoms with Gasteiger partial charge in [0, 0.05) is 0 Å². The number of aliphatic carboxylic acids is 2. The molecule has 0 fully saturated rings. The van der Waals surface area contributed by atoms with Crippen LogP contribution >= 0.6 is 0 Å². The highest BCUT2D eigenvalue weighted by Gasteiger charge is 2.30. The van der Waals surface area contributed by atoms with Gasteiger partial charge in [-0.05, 0) is 0 Å². The SMILES string of the molecule is O=C(O)C[C@@H](O[N+](=O)O)C(=O)O. The van der Waals surface area contributed by atoms with Gasteiger partial charge in [-0.15, -0.1) is 0 Å². The van der Waals surface area contributed by atoms with Crippen LogP contribution in [0.25, 0.3) is 0 Å². The molecule has 8 heteroatoms. The van der Waals surface area contributed by atoms with Crippen molar-refractivity contribution in [1.82, 2.24) is 0 Å². The van der Waals surface area contributed by atoms with E-state index in [0.717, 1.165) is 0 Å². The monoisotopic (exact) mass is 180 g/mol. The lowest BCUT2D eigenvalue weighted by atomic mass is 10.2. The van der Waals surface area contributed by atoms with E-state index in [9.17, 15) is 14.5 Å². The fourth-order valence-corrected chi connectivity index (χ4v) is 0.437. The van der Waals surface area contributed by atoms with Crippen molar-refractivity contribution in [3.63, 3.8) is 0 Å². The Morgan fingerprint density at radius 3 is 2.17 bits per heavy atom. The highest BCUT2D eigenvalue weighted by atomic mass is 17.0. The third-order valence-corrected chi connectivity index (χ3v) is 0.853. The van der Waals surface area contributed by atoms with Crippen LogP contribution in [0.1, 0.15) is 6.42 Å². The third kappa shape index (κ3) is 4.04. The lowest BCUT2D eigenvalue weighted by molar-refractivity contribution is -0.979. The first kappa shape index (κ1) is 10.1. The smallest absolute Gasteiger partial charge is 0.476 e. The summed E-state index contributed by atoms with van der Waals surface area (Å²) in [6.45, 7) is 0. The molecule has 0 amide bonds. The minimum Gasteiger partial charge on any atom is -0.481 e. The number of carboxylic acid groups (broad SMARTS) is 2. The van der Waals surface area contributed by atoms with Gasteiger partial charge in [-0.3, -0.25) is 4.79 Å². The van der Waals surface area contributed by atoms with Crippen molar-refractivity contribution < 1.29 is 34.9 Å². The molecule has 12 heavy (non-hydrogen) atoms. The van der Waals surface area contributed by atoms with Crippen LogP contribution in [0.4, 0.5) is 0 Å². The molecule has 0 aromatic heterocycles. The van der Waals surface area contributed by atoms with Crippen LogP contribution in [-0.4, -0.2) is 38.5 Å². The Morgan fingerprint density at radius 2 is 1.92 bits per heavy atom. The molecule has 0 aromatic rings. The molecule has 0 aliphatic carbocycles. The number of rotatable bonds is 5. The summed E-state index contributed by atoms with van der Waals surface area (Å²) in [6.07, 6.45) is -2.79. The normalized spacial score (nSPS) is 11.7. The molecule has 0 saturated heterocycles. The topological polar surface area (TPSA) is 124 Å². The molecule has 0 unspecified atom stereocenters. The van der Waals surface area contributed by atoms with E-state index in [1.54, 1.807) is 0 Å². The van der Waals surface area contributed by atoms with Gasteiger partial charge in [0.25, 0.3) is 6.10 Å². The predicted molar refractivity (Wildman–Crippen MR) is 30.2 cm³/mol. The van der Waals surface area contributed by atoms with E-state index in [1.165, 1.54) is 0 Å². The van der Waals surface area contributed by atoms with Crippen molar-refractivity contribution in [2.24, 2.45) is 0 Å². The van der Waals surface area contributed by atoms with E-state index in [-0.39, 0.29) is 0 Å². The Bertz CT molecular complexity index is 195. The zero-order valence-corrected chi connectivity index (χ0v) is 5.71. The maximum absolute atomic E-state index is 10.1. The Morgan fingerprint density at radius 1 is 1.42 bits per heavy atom. The molecule has 0 radical (unpaired) electrons. The zero-order valence-electron chi connectivity index (χ0n) is 5.71. The van der Waals surface area contributed by atoms with Gasteiger partial charge in [0.1, 0.15) is 11.3 Å². The summed E-state index contributed by atoms with van der Waals surface area (Å²) in [6, 6.07) is 0. The standard InChI is InChI=1S/C4H5NO7/c6-3(7)1-2(4(8)9)12-5(10)11/h2H,1H2,(H2-,6,7,8,9,10,11)/p+1/t2-/m1/s1. The first-order chi connectivity index (χ1) is 5.43. The lowest BCUT2D eigenvalue weighted by Crippen LogP contribution is -2.29. The van der Waals surface area contributed by atoms with Gasteiger partial charge >= 0.3 is 17.0 Å². The van der Waals surface area contributed by atoms with Gasteiger partial charge < -0.3 is 10.2 Å². The molecule has 0 bridgehead atoms. The van der Waals surface area contributed by atoms with Crippen LogP contribution in [0, 0.1) is 4.91 Å². The summed E-state index contributed by atoms with van der Waals surface area (Å²) < 4.78 is 0. The maximum atomic E-state index is 10.1. The molecule has 0 aromatic carbocycles. The quantitative estimate of drug-likeness (QED) is 0.464. The van der Waals surface area contributed by atoms with Crippen LogP contribution < -0.4 is 0 Å². The number of nitrogens with zero attached hydrogens (tertiary/aromatic N) is 1. The summed E-state index contributed by atoms with van der Waals surface area (Å²) in [5, 5.41) is 23.1. The maximum Gasteiger partial charge on any atom is 0.476 e. The van der Waals surface area contributed by atoms with E-state index in [4.69, 9.17) is 15.4 Å². The zero-order chi connectivity index (χ0) is 9.72. The molecule has 0 aliphatic rings. The summed E-state index contributed by atoms with van der Waals surface area (Å²) >= 11 is 0. The van der Waals surface area contributed by atoms with E-state index >= 15 is 0 Å². The fraction of sp³-hybridized carbons (Fsp3) is 0.500. The van der Waals surface area contributed by atoms with Crippen molar-refractivity contribution in [2.75, 3.05) is 0 Å². The highest BCUT2D eigenvalue weighted by molar-refractivity contribution is 5.79. The number of carboxylic acids is 2. The first-order valence-corrected chi connectivity index (χ1v) is 2.71. The van der Waals surface area contributed by atoms with Gasteiger partial charge in [0.05, 0.1) is 0 Å². The van der Waals surface area contributed by atoms with Crippen LogP contribution in [-0.2, 0) is 14.4 Å². The van der Waals surface area contributed by atoms with E-state index in [1.807, 2.05) is 0 Å². The minimum absolute atomic E-state index is 0.908. The molecular formula is C4H6NO7+. The molecular weight excluding hydrogens is 174 g/mol. The number of hydrogen-bond donors (Lipinski definition) is 3. The van der Waals surface area contributed by atoms with Crippen molar-refractivity contribution in [3.8, 4) is 0 Å². The summed E-state index contributed by atoms with van der Waals surface area (Å²) in [5.74, 6) is -3.10. The molecule has 68 valence electrons. The Kier molecular flexibility index (Phi) is 3.47. The second-order valence-corrected chi connectivity index (χ2v) is 1.77. The molecule has 3 N–H and O–H groups in total. The third-order valence-electron chi connectivity index (χ3n) is 0.853. The van der Waals surface area contributed by atoms with Gasteiger partial charge in [-0.1, -0.05) is 0 Å². The van der Waals surface area contributed by atoms with Crippen LogP contribution in [0.15, 0.2) is 0 Å². The molecule has 0 spiro atoms. The molecule has 0 aliphatic heterocycles. The summed E-state index contributed by atoms with van der Waals surface area (Å²) in [7, 11) is 0. The highest BCUT2D eigenvalue weighted by Crippen LogP contribution is 1.98. The average molecular weight is 180 g/mol. The van der Waals surface area contributed by atoms with Crippen molar-refractivity contribution in [3.05, 3.63) is 4.91 Å². The molecule has 0 rings (SSSR count). The Labute approximate surface area is 65.5 Å². The summed E-state index contributed by atoms with van der Waals surface area (Å²) in [4.78, 5) is 33.5. The number of carbonyl (C=O) groups is 2. The minimum atomic E-state index is -1.88. The van der Waals surface area contributed by atoms with Crippen LogP contribution in [0.3, 0.4) is 0 Å². The van der Waals surface area contributed by atoms with Gasteiger partial charge in [-0.25, -0.2) is 10.0 Å². The second kappa shape index (κ2) is 4.11. The Balaban J connectivity index is 4.14. The van der Waals surface area contributed by atoms with Crippen LogP contribution in [0.2, 0.25) is 0 Å². The first-order valence-electron chi connectivity index (χ1n) is 2.71. The molecule has 8 nitrogen and oxygen atoms in total. The van der Waals surface area contributed by atoms with E-state index < -0.39 is 29.6 Å². The Hall–Kier alpha value is -1.86. The molecule has 1 atom stereocenters.